The van der Waals surface area contributed by atoms with Crippen LogP contribution < -0.4 is 0 Å². The first kappa shape index (κ1) is 37.3. The van der Waals surface area contributed by atoms with Gasteiger partial charge in [-0.3, -0.25) is 9.59 Å². The third kappa shape index (κ3) is 17.7. The number of allylic oxidation sites excluding steroid dienone is 1. The number of hydrogen-bond donors (Lipinski definition) is 4. The van der Waals surface area contributed by atoms with Gasteiger partial charge in [0, 0.05) is 18.8 Å². The smallest absolute Gasteiger partial charge is 0.310 e. The molecule has 6 atom stereocenters. The molecular formula is C33H58O8. The standard InChI is InChI=1S/C33H58O8/c1-3-5-7-8-9-10-11-12-14-19-32(38)40-25-27(24-34)41-33(39)20-16-15-18-28-29(31(37)23-30(28)36)22-21-26(35)17-13-6-4-2/h15-16,21-22,26-31,34-37H,3-14,17-20,23-25H2,1-2H3/b16-15-,22-21+/t26-,27+,28+,29-,30+,31-/m1/s1. The van der Waals surface area contributed by atoms with E-state index in [9.17, 15) is 30.0 Å². The number of ether oxygens (including phenoxy) is 2. The molecule has 0 saturated heterocycles. The van der Waals surface area contributed by atoms with Crippen molar-refractivity contribution in [2.75, 3.05) is 13.2 Å². The predicted molar refractivity (Wildman–Crippen MR) is 161 cm³/mol. The maximum absolute atomic E-state index is 12.2. The van der Waals surface area contributed by atoms with Crippen molar-refractivity contribution in [3.63, 3.8) is 0 Å². The van der Waals surface area contributed by atoms with Crippen molar-refractivity contribution in [1.29, 1.82) is 0 Å². The monoisotopic (exact) mass is 582 g/mol. The molecule has 0 unspecified atom stereocenters. The quantitative estimate of drug-likeness (QED) is 0.0662. The second-order valence-corrected chi connectivity index (χ2v) is 11.5. The highest BCUT2D eigenvalue weighted by Gasteiger charge is 2.39. The van der Waals surface area contributed by atoms with Gasteiger partial charge < -0.3 is 29.9 Å². The Bertz CT molecular complexity index is 737. The summed E-state index contributed by atoms with van der Waals surface area (Å²) >= 11 is 0. The highest BCUT2D eigenvalue weighted by molar-refractivity contribution is 5.71. The van der Waals surface area contributed by atoms with E-state index < -0.39 is 37.0 Å². The maximum atomic E-state index is 12.2. The Balaban J connectivity index is 2.30. The number of aliphatic hydroxyl groups excluding tert-OH is 4. The highest BCUT2D eigenvalue weighted by atomic mass is 16.6. The van der Waals surface area contributed by atoms with E-state index in [1.54, 1.807) is 18.2 Å². The van der Waals surface area contributed by atoms with Crippen molar-refractivity contribution in [2.45, 2.75) is 147 Å². The Hall–Kier alpha value is -1.74. The van der Waals surface area contributed by atoms with Gasteiger partial charge in [0.2, 0.25) is 0 Å². The molecule has 0 bridgehead atoms. The second kappa shape index (κ2) is 23.8. The zero-order chi connectivity index (χ0) is 30.3. The molecule has 8 nitrogen and oxygen atoms in total. The van der Waals surface area contributed by atoms with Gasteiger partial charge in [-0.1, -0.05) is 109 Å². The van der Waals surface area contributed by atoms with E-state index in [4.69, 9.17) is 9.47 Å². The Morgan fingerprint density at radius 3 is 2.15 bits per heavy atom. The van der Waals surface area contributed by atoms with Crippen molar-refractivity contribution in [1.82, 2.24) is 0 Å². The van der Waals surface area contributed by atoms with Gasteiger partial charge >= 0.3 is 11.9 Å². The predicted octanol–water partition coefficient (Wildman–Crippen LogP) is 5.55. The summed E-state index contributed by atoms with van der Waals surface area (Å²) in [5, 5.41) is 40.5. The van der Waals surface area contributed by atoms with Gasteiger partial charge in [-0.05, 0) is 25.2 Å². The molecule has 1 aliphatic rings. The lowest BCUT2D eigenvalue weighted by Crippen LogP contribution is -2.28. The molecule has 0 aromatic carbocycles. The van der Waals surface area contributed by atoms with Gasteiger partial charge in [0.15, 0.2) is 6.10 Å². The summed E-state index contributed by atoms with van der Waals surface area (Å²) in [6.07, 6.45) is 19.4. The van der Waals surface area contributed by atoms with Gasteiger partial charge in [-0.25, -0.2) is 0 Å². The molecule has 0 heterocycles. The SMILES string of the molecule is CCCCCCCCCCCC(=O)OC[C@H](CO)OC(=O)C/C=C\C[C@H]1[C@@H](/C=C/[C@H](O)CCCCC)[C@H](O)C[C@@H]1O. The van der Waals surface area contributed by atoms with Crippen molar-refractivity contribution in [2.24, 2.45) is 11.8 Å². The van der Waals surface area contributed by atoms with Crippen LogP contribution >= 0.6 is 0 Å². The molecular weight excluding hydrogens is 524 g/mol. The lowest BCUT2D eigenvalue weighted by atomic mass is 9.89. The molecule has 1 aliphatic carbocycles. The van der Waals surface area contributed by atoms with Crippen LogP contribution in [0.4, 0.5) is 0 Å². The Morgan fingerprint density at radius 1 is 0.854 bits per heavy atom. The molecule has 41 heavy (non-hydrogen) atoms. The number of hydrogen-bond acceptors (Lipinski definition) is 8. The average Bonchev–Trinajstić information content (AvgIpc) is 3.22. The van der Waals surface area contributed by atoms with Crippen LogP contribution in [0.5, 0.6) is 0 Å². The number of rotatable bonds is 24. The number of aliphatic hydroxyl groups is 4. The first-order valence-corrected chi connectivity index (χ1v) is 16.2. The fourth-order valence-corrected chi connectivity index (χ4v) is 5.29. The minimum Gasteiger partial charge on any atom is -0.462 e. The van der Waals surface area contributed by atoms with Crippen LogP contribution in [0.25, 0.3) is 0 Å². The molecule has 0 aliphatic heterocycles. The zero-order valence-electron chi connectivity index (χ0n) is 25.6. The van der Waals surface area contributed by atoms with Gasteiger partial charge in [0.05, 0.1) is 31.3 Å². The molecule has 0 spiro atoms. The first-order chi connectivity index (χ1) is 19.8. The Morgan fingerprint density at radius 2 is 1.49 bits per heavy atom. The largest absolute Gasteiger partial charge is 0.462 e. The normalized spacial score (nSPS) is 22.4. The van der Waals surface area contributed by atoms with Gasteiger partial charge in [0.1, 0.15) is 6.61 Å². The molecule has 0 radical (unpaired) electrons. The summed E-state index contributed by atoms with van der Waals surface area (Å²) in [7, 11) is 0. The molecule has 238 valence electrons. The lowest BCUT2D eigenvalue weighted by molar-refractivity contribution is -0.160. The van der Waals surface area contributed by atoms with Crippen LogP contribution in [0.2, 0.25) is 0 Å². The molecule has 0 aromatic rings. The second-order valence-electron chi connectivity index (χ2n) is 11.5. The summed E-state index contributed by atoms with van der Waals surface area (Å²) in [6.45, 7) is 3.71. The topological polar surface area (TPSA) is 134 Å². The molecule has 0 amide bonds. The Kier molecular flexibility index (Phi) is 21.6. The number of carbonyl (C=O) groups is 2. The third-order valence-electron chi connectivity index (χ3n) is 7.85. The van der Waals surface area contributed by atoms with Crippen LogP contribution in [0.3, 0.4) is 0 Å². The van der Waals surface area contributed by atoms with E-state index in [0.29, 0.717) is 19.3 Å². The molecule has 8 heteroatoms. The number of esters is 2. The molecule has 1 rings (SSSR count). The van der Waals surface area contributed by atoms with Crippen molar-refractivity contribution in [3.8, 4) is 0 Å². The van der Waals surface area contributed by atoms with E-state index in [1.165, 1.54) is 38.5 Å². The van der Waals surface area contributed by atoms with E-state index in [0.717, 1.165) is 38.5 Å². The molecule has 4 N–H and O–H groups in total. The third-order valence-corrected chi connectivity index (χ3v) is 7.85. The van der Waals surface area contributed by atoms with Crippen LogP contribution in [0.1, 0.15) is 123 Å². The van der Waals surface area contributed by atoms with Crippen LogP contribution in [-0.4, -0.2) is 70.0 Å². The van der Waals surface area contributed by atoms with E-state index in [-0.39, 0.29) is 37.3 Å². The van der Waals surface area contributed by atoms with Crippen molar-refractivity contribution in [3.05, 3.63) is 24.3 Å². The molecule has 1 fully saturated rings. The molecule has 1 saturated carbocycles. The van der Waals surface area contributed by atoms with E-state index in [2.05, 4.69) is 13.8 Å². The minimum absolute atomic E-state index is 0.0229. The lowest BCUT2D eigenvalue weighted by Gasteiger charge is -2.19. The van der Waals surface area contributed by atoms with Crippen LogP contribution in [-0.2, 0) is 19.1 Å². The summed E-state index contributed by atoms with van der Waals surface area (Å²) in [6, 6.07) is 0. The average molecular weight is 583 g/mol. The summed E-state index contributed by atoms with van der Waals surface area (Å²) in [5.74, 6) is -1.39. The fourth-order valence-electron chi connectivity index (χ4n) is 5.29. The zero-order valence-corrected chi connectivity index (χ0v) is 25.6. The maximum Gasteiger partial charge on any atom is 0.310 e. The number of carbonyl (C=O) groups excluding carboxylic acids is 2. The summed E-state index contributed by atoms with van der Waals surface area (Å²) in [5.41, 5.74) is 0. The summed E-state index contributed by atoms with van der Waals surface area (Å²) < 4.78 is 10.4. The molecule has 0 aromatic heterocycles. The van der Waals surface area contributed by atoms with E-state index in [1.807, 2.05) is 6.08 Å². The van der Waals surface area contributed by atoms with Crippen LogP contribution in [0.15, 0.2) is 24.3 Å². The van der Waals surface area contributed by atoms with Crippen LogP contribution in [0, 0.1) is 11.8 Å². The van der Waals surface area contributed by atoms with Gasteiger partial charge in [-0.15, -0.1) is 0 Å². The van der Waals surface area contributed by atoms with Gasteiger partial charge in [-0.2, -0.15) is 0 Å². The highest BCUT2D eigenvalue weighted by Crippen LogP contribution is 2.36. The van der Waals surface area contributed by atoms with Gasteiger partial charge in [0.25, 0.3) is 0 Å². The fraction of sp³-hybridized carbons (Fsp3) is 0.818. The van der Waals surface area contributed by atoms with Crippen molar-refractivity contribution < 1.29 is 39.5 Å². The first-order valence-electron chi connectivity index (χ1n) is 16.2. The Labute approximate surface area is 248 Å². The van der Waals surface area contributed by atoms with E-state index >= 15 is 0 Å². The summed E-state index contributed by atoms with van der Waals surface area (Å²) in [4.78, 5) is 24.2. The minimum atomic E-state index is -0.909. The van der Waals surface area contributed by atoms with Crippen molar-refractivity contribution >= 4 is 11.9 Å². The number of unbranched alkanes of at least 4 members (excludes halogenated alkanes) is 10.